The van der Waals surface area contributed by atoms with E-state index in [1.807, 2.05) is 0 Å². The van der Waals surface area contributed by atoms with Gasteiger partial charge in [0.25, 0.3) is 0 Å². The summed E-state index contributed by atoms with van der Waals surface area (Å²) in [6.45, 7) is 1.75. The van der Waals surface area contributed by atoms with Gasteiger partial charge in [-0.1, -0.05) is 0 Å². The summed E-state index contributed by atoms with van der Waals surface area (Å²) in [7, 11) is 4.52. The molecule has 1 unspecified atom stereocenters. The van der Waals surface area contributed by atoms with Gasteiger partial charge < -0.3 is 5.11 Å². The van der Waals surface area contributed by atoms with E-state index < -0.39 is 11.5 Å². The zero-order valence-corrected chi connectivity index (χ0v) is 9.01. The van der Waals surface area contributed by atoms with Gasteiger partial charge >= 0.3 is 5.97 Å². The summed E-state index contributed by atoms with van der Waals surface area (Å²) >= 11 is 0. The Balaban J connectivity index is 4.38. The smallest absolute Gasteiger partial charge is 0.323 e. The molecule has 0 bridgehead atoms. The molecule has 60 valence electrons. The van der Waals surface area contributed by atoms with Crippen molar-refractivity contribution in [2.24, 2.45) is 0 Å². The highest BCUT2D eigenvalue weighted by molar-refractivity contribution is 6.11. The molecule has 0 heterocycles. The van der Waals surface area contributed by atoms with Crippen LogP contribution in [0.25, 0.3) is 0 Å². The lowest BCUT2D eigenvalue weighted by molar-refractivity contribution is -0.147. The lowest BCUT2D eigenvalue weighted by atomic mass is 10.1. The van der Waals surface area contributed by atoms with Gasteiger partial charge in [-0.2, -0.15) is 0 Å². The molecule has 0 saturated heterocycles. The average molecular weight is 161 g/mol. The molecule has 0 aromatic heterocycles. The average Bonchev–Trinajstić information content (AvgIpc) is 1.85. The normalized spacial score (nSPS) is 17.2. The number of hydrogen-bond donors (Lipinski definition) is 1. The van der Waals surface area contributed by atoms with Crippen LogP contribution in [0.4, 0.5) is 0 Å². The minimum atomic E-state index is -0.729. The summed E-state index contributed by atoms with van der Waals surface area (Å²) in [4.78, 5) is 12.4. The third-order valence-electron chi connectivity index (χ3n) is 2.14. The van der Waals surface area contributed by atoms with Crippen LogP contribution in [0.15, 0.2) is 0 Å². The summed E-state index contributed by atoms with van der Waals surface area (Å²) < 4.78 is 0. The molecular weight excluding hydrogens is 146 g/mol. The van der Waals surface area contributed by atoms with Crippen molar-refractivity contribution >= 4 is 16.2 Å². The van der Waals surface area contributed by atoms with Crippen molar-refractivity contribution in [3.63, 3.8) is 0 Å². The van der Waals surface area contributed by atoms with Gasteiger partial charge in [-0.25, -0.2) is 0 Å². The number of aliphatic carboxylic acids is 1. The number of likely N-dealkylation sites (N-methyl/N-ethyl adjacent to an activating group) is 1. The zero-order chi connectivity index (χ0) is 8.36. The zero-order valence-electron chi connectivity index (χ0n) is 7.01. The van der Waals surface area contributed by atoms with Crippen LogP contribution in [0, 0.1) is 0 Å². The van der Waals surface area contributed by atoms with Crippen molar-refractivity contribution in [1.82, 2.24) is 4.90 Å². The maximum atomic E-state index is 10.7. The van der Waals surface area contributed by atoms with E-state index in [2.05, 4.69) is 0 Å². The van der Waals surface area contributed by atoms with E-state index in [0.717, 1.165) is 16.3 Å². The third kappa shape index (κ3) is 1.57. The molecule has 0 aliphatic carbocycles. The quantitative estimate of drug-likeness (QED) is 0.550. The summed E-state index contributed by atoms with van der Waals surface area (Å²) in [5.41, 5.74) is -0.647. The van der Waals surface area contributed by atoms with Gasteiger partial charge in [0.15, 0.2) is 0 Å². The highest BCUT2D eigenvalue weighted by Gasteiger charge is 2.32. The van der Waals surface area contributed by atoms with Crippen LogP contribution >= 0.6 is 0 Å². The molecule has 0 fully saturated rings. The molecule has 4 heteroatoms. The Labute approximate surface area is 64.5 Å². The Morgan fingerprint density at radius 3 is 2.10 bits per heavy atom. The van der Waals surface area contributed by atoms with E-state index in [4.69, 9.17) is 5.11 Å². The van der Waals surface area contributed by atoms with Crippen molar-refractivity contribution < 1.29 is 9.90 Å². The molecule has 0 aromatic carbocycles. The van der Waals surface area contributed by atoms with E-state index in [1.54, 1.807) is 25.9 Å². The van der Waals surface area contributed by atoms with Crippen LogP contribution < -0.4 is 0 Å². The Morgan fingerprint density at radius 1 is 1.70 bits per heavy atom. The molecule has 1 N–H and O–H groups in total. The Morgan fingerprint density at radius 2 is 2.10 bits per heavy atom. The van der Waals surface area contributed by atoms with Crippen LogP contribution in [0.1, 0.15) is 6.92 Å². The van der Waals surface area contributed by atoms with Crippen LogP contribution in [0.5, 0.6) is 0 Å². The summed E-state index contributed by atoms with van der Waals surface area (Å²) in [6, 6.07) is 0.759. The van der Waals surface area contributed by atoms with Crippen molar-refractivity contribution in [2.75, 3.05) is 14.1 Å². The lowest BCUT2D eigenvalue weighted by Crippen LogP contribution is -2.48. The predicted octanol–water partition coefficient (Wildman–Crippen LogP) is -0.825. The Hall–Kier alpha value is -0.353. The van der Waals surface area contributed by atoms with Gasteiger partial charge in [0.1, 0.15) is 5.54 Å². The van der Waals surface area contributed by atoms with Gasteiger partial charge in [0.2, 0.25) is 0 Å². The number of hydrogen-bond acceptors (Lipinski definition) is 2. The molecule has 3 nitrogen and oxygen atoms in total. The van der Waals surface area contributed by atoms with E-state index in [1.165, 1.54) is 0 Å². The predicted molar refractivity (Wildman–Crippen MR) is 44.5 cm³/mol. The van der Waals surface area contributed by atoms with E-state index in [0.29, 0.717) is 0 Å². The second-order valence-corrected chi connectivity index (χ2v) is 3.53. The van der Waals surface area contributed by atoms with Crippen LogP contribution in [-0.4, -0.2) is 45.9 Å². The van der Waals surface area contributed by atoms with Crippen LogP contribution in [-0.2, 0) is 4.79 Å². The molecule has 0 aliphatic rings. The molecule has 1 atom stereocenters. The number of carboxylic acid groups (broad SMARTS) is 1. The summed E-state index contributed by atoms with van der Waals surface area (Å²) in [5.74, 6) is -0.729. The van der Waals surface area contributed by atoms with Crippen LogP contribution in [0.2, 0.25) is 6.04 Å². The van der Waals surface area contributed by atoms with Gasteiger partial charge in [-0.15, -0.1) is 0 Å². The Kier molecular flexibility index (Phi) is 3.05. The van der Waals surface area contributed by atoms with Crippen molar-refractivity contribution in [2.45, 2.75) is 18.5 Å². The fraction of sp³-hybridized carbons (Fsp3) is 0.833. The van der Waals surface area contributed by atoms with Gasteiger partial charge in [-0.05, 0) is 27.1 Å². The van der Waals surface area contributed by atoms with E-state index >= 15 is 0 Å². The third-order valence-corrected chi connectivity index (χ3v) is 3.51. The van der Waals surface area contributed by atoms with Crippen molar-refractivity contribution in [1.29, 1.82) is 0 Å². The lowest BCUT2D eigenvalue weighted by Gasteiger charge is -2.30. The standard InChI is InChI=1S/C6H15NO2Si/c1-6(4-10,5(8)9)7(2)3/h4H2,1-3,10H3,(H,8,9). The molecule has 0 rings (SSSR count). The van der Waals surface area contributed by atoms with Gasteiger partial charge in [0, 0.05) is 10.2 Å². The molecule has 0 saturated carbocycles. The summed E-state index contributed by atoms with van der Waals surface area (Å²) in [5, 5.41) is 8.78. The molecule has 0 aliphatic heterocycles. The fourth-order valence-corrected chi connectivity index (χ4v) is 1.59. The fourth-order valence-electron chi connectivity index (χ4n) is 0.659. The highest BCUT2D eigenvalue weighted by atomic mass is 28.1. The second-order valence-electron chi connectivity index (χ2n) is 2.83. The Bertz CT molecular complexity index is 138. The molecule has 0 radical (unpaired) electrons. The second kappa shape index (κ2) is 3.16. The first-order valence-corrected chi connectivity index (χ1v) is 4.77. The molecule has 0 amide bonds. The molecule has 0 spiro atoms. The first-order valence-electron chi connectivity index (χ1n) is 3.36. The number of rotatable bonds is 3. The molecule has 10 heavy (non-hydrogen) atoms. The highest BCUT2D eigenvalue weighted by Crippen LogP contribution is 2.14. The summed E-state index contributed by atoms with van der Waals surface area (Å²) in [6.07, 6.45) is 0. The largest absolute Gasteiger partial charge is 0.480 e. The number of nitrogens with zero attached hydrogens (tertiary/aromatic N) is 1. The molecular formula is C6H15NO2Si. The minimum Gasteiger partial charge on any atom is -0.480 e. The molecule has 0 aromatic rings. The van der Waals surface area contributed by atoms with E-state index in [9.17, 15) is 4.79 Å². The number of carboxylic acids is 1. The number of carbonyl (C=O) groups is 1. The SMILES string of the molecule is CN(C)C(C)(C[SiH3])C(=O)O. The first-order chi connectivity index (χ1) is 4.45. The van der Waals surface area contributed by atoms with E-state index in [-0.39, 0.29) is 0 Å². The topological polar surface area (TPSA) is 40.5 Å². The monoisotopic (exact) mass is 161 g/mol. The first kappa shape index (κ1) is 9.65. The van der Waals surface area contributed by atoms with Gasteiger partial charge in [0.05, 0.1) is 0 Å². The van der Waals surface area contributed by atoms with Gasteiger partial charge in [-0.3, -0.25) is 9.69 Å². The van der Waals surface area contributed by atoms with Crippen molar-refractivity contribution in [3.05, 3.63) is 0 Å². The maximum Gasteiger partial charge on any atom is 0.323 e. The maximum absolute atomic E-state index is 10.7. The van der Waals surface area contributed by atoms with Crippen LogP contribution in [0.3, 0.4) is 0 Å². The minimum absolute atomic E-state index is 0.647. The van der Waals surface area contributed by atoms with Crippen molar-refractivity contribution in [3.8, 4) is 0 Å².